The molecule has 3 rings (SSSR count). The van der Waals surface area contributed by atoms with Crippen LogP contribution in [0.15, 0.2) is 0 Å². The number of carbonyl (C=O) groups is 2. The zero-order valence-electron chi connectivity index (χ0n) is 19.0. The summed E-state index contributed by atoms with van der Waals surface area (Å²) in [5.41, 5.74) is 0. The van der Waals surface area contributed by atoms with Crippen LogP contribution in [0.25, 0.3) is 0 Å². The number of ether oxygens (including phenoxy) is 1. The molecule has 7 nitrogen and oxygen atoms in total. The minimum Gasteiger partial charge on any atom is -0.378 e. The lowest BCUT2D eigenvalue weighted by Crippen LogP contribution is -2.45. The first-order chi connectivity index (χ1) is 15.2. The van der Waals surface area contributed by atoms with E-state index in [1.54, 1.807) is 0 Å². The van der Waals surface area contributed by atoms with Gasteiger partial charge < -0.3 is 19.9 Å². The van der Waals surface area contributed by atoms with Crippen molar-refractivity contribution in [3.8, 4) is 6.07 Å². The van der Waals surface area contributed by atoms with Crippen LogP contribution in [-0.2, 0) is 14.3 Å². The number of amides is 2. The Bertz CT molecular complexity index is 602. The van der Waals surface area contributed by atoms with Crippen molar-refractivity contribution < 1.29 is 14.3 Å². The fourth-order valence-electron chi connectivity index (χ4n) is 5.21. The summed E-state index contributed by atoms with van der Waals surface area (Å²) in [6.07, 6.45) is 11.4. The van der Waals surface area contributed by atoms with E-state index < -0.39 is 6.04 Å². The fraction of sp³-hybridized carbons (Fsp3) is 0.875. The molecule has 174 valence electrons. The molecule has 2 amide bonds. The number of rotatable bonds is 9. The van der Waals surface area contributed by atoms with E-state index in [1.165, 1.54) is 38.5 Å². The third kappa shape index (κ3) is 8.08. The number of morpholine rings is 1. The number of likely N-dealkylation sites (tertiary alicyclic amines) is 1. The molecule has 3 aliphatic rings. The molecular formula is C24H40N4O3. The molecule has 1 N–H and O–H groups in total. The van der Waals surface area contributed by atoms with Gasteiger partial charge in [0.2, 0.25) is 11.8 Å². The SMILES string of the molecule is N#CC(CCN1CCCCC1)NC(=O)[C@@H](CC(=O)N1CCOCC1)CC1CCCCC1. The lowest BCUT2D eigenvalue weighted by molar-refractivity contribution is -0.140. The lowest BCUT2D eigenvalue weighted by atomic mass is 9.81. The first-order valence-corrected chi connectivity index (χ1v) is 12.4. The molecule has 2 atom stereocenters. The van der Waals surface area contributed by atoms with E-state index in [9.17, 15) is 14.9 Å². The van der Waals surface area contributed by atoms with E-state index in [-0.39, 0.29) is 24.2 Å². The van der Waals surface area contributed by atoms with Gasteiger partial charge in [-0.2, -0.15) is 5.26 Å². The maximum absolute atomic E-state index is 13.2. The number of carbonyl (C=O) groups excluding carboxylic acids is 2. The molecule has 31 heavy (non-hydrogen) atoms. The maximum atomic E-state index is 13.2. The van der Waals surface area contributed by atoms with Gasteiger partial charge >= 0.3 is 0 Å². The zero-order chi connectivity index (χ0) is 21.9. The van der Waals surface area contributed by atoms with Gasteiger partial charge in [-0.1, -0.05) is 38.5 Å². The summed E-state index contributed by atoms with van der Waals surface area (Å²) in [5.74, 6) is 0.0959. The Labute approximate surface area is 187 Å². The van der Waals surface area contributed by atoms with Gasteiger partial charge in [0.1, 0.15) is 6.04 Å². The standard InChI is InChI=1S/C24H40N4O3/c25-19-22(9-12-27-10-5-2-6-11-27)26-24(30)21(17-20-7-3-1-4-8-20)18-23(29)28-13-15-31-16-14-28/h20-22H,1-18H2,(H,26,30)/t21-,22?/m1/s1. The van der Waals surface area contributed by atoms with Crippen molar-refractivity contribution in [2.75, 3.05) is 45.9 Å². The summed E-state index contributed by atoms with van der Waals surface area (Å²) in [4.78, 5) is 30.3. The van der Waals surface area contributed by atoms with Crippen LogP contribution in [0.1, 0.15) is 70.6 Å². The summed E-state index contributed by atoms with van der Waals surface area (Å²) >= 11 is 0. The molecule has 1 unspecified atom stereocenters. The van der Waals surface area contributed by atoms with Gasteiger partial charge in [0, 0.05) is 32.0 Å². The van der Waals surface area contributed by atoms with E-state index in [2.05, 4.69) is 16.3 Å². The monoisotopic (exact) mass is 432 g/mol. The first kappa shape index (κ1) is 24.0. The average Bonchev–Trinajstić information content (AvgIpc) is 2.83. The summed E-state index contributed by atoms with van der Waals surface area (Å²) in [5, 5.41) is 12.6. The van der Waals surface area contributed by atoms with Crippen molar-refractivity contribution in [1.82, 2.24) is 15.1 Å². The first-order valence-electron chi connectivity index (χ1n) is 12.4. The van der Waals surface area contributed by atoms with Crippen LogP contribution in [-0.4, -0.2) is 73.6 Å². The molecule has 2 aliphatic heterocycles. The Morgan fingerprint density at radius 1 is 1.00 bits per heavy atom. The second-order valence-electron chi connectivity index (χ2n) is 9.52. The van der Waals surface area contributed by atoms with Crippen LogP contribution in [0.3, 0.4) is 0 Å². The second kappa shape index (κ2) is 13.0. The Hall–Kier alpha value is -1.65. The minimum absolute atomic E-state index is 0.0427. The second-order valence-corrected chi connectivity index (χ2v) is 9.52. The lowest BCUT2D eigenvalue weighted by Gasteiger charge is -2.31. The Morgan fingerprint density at radius 3 is 2.35 bits per heavy atom. The van der Waals surface area contributed by atoms with E-state index in [4.69, 9.17) is 4.74 Å². The topological polar surface area (TPSA) is 85.7 Å². The molecule has 2 heterocycles. The summed E-state index contributed by atoms with van der Waals surface area (Å²) < 4.78 is 5.35. The highest BCUT2D eigenvalue weighted by Gasteiger charge is 2.30. The normalized spacial score (nSPS) is 23.0. The summed E-state index contributed by atoms with van der Waals surface area (Å²) in [6.45, 7) is 5.37. The number of nitrogens with zero attached hydrogens (tertiary/aromatic N) is 3. The third-order valence-corrected chi connectivity index (χ3v) is 7.15. The van der Waals surface area contributed by atoms with E-state index in [1.807, 2.05) is 4.90 Å². The number of nitriles is 1. The Morgan fingerprint density at radius 2 is 1.68 bits per heavy atom. The molecule has 0 aromatic heterocycles. The van der Waals surface area contributed by atoms with Crippen LogP contribution in [0.5, 0.6) is 0 Å². The van der Waals surface area contributed by atoms with Crippen LogP contribution in [0.4, 0.5) is 0 Å². The Kier molecular flexibility index (Phi) is 10.1. The van der Waals surface area contributed by atoms with Gasteiger partial charge in [-0.15, -0.1) is 0 Å². The third-order valence-electron chi connectivity index (χ3n) is 7.15. The average molecular weight is 433 g/mol. The van der Waals surface area contributed by atoms with Crippen molar-refractivity contribution in [3.05, 3.63) is 0 Å². The van der Waals surface area contributed by atoms with Crippen LogP contribution >= 0.6 is 0 Å². The highest BCUT2D eigenvalue weighted by molar-refractivity contribution is 5.86. The highest BCUT2D eigenvalue weighted by atomic mass is 16.5. The van der Waals surface area contributed by atoms with Crippen molar-refractivity contribution >= 4 is 11.8 Å². The predicted molar refractivity (Wildman–Crippen MR) is 119 cm³/mol. The fourth-order valence-corrected chi connectivity index (χ4v) is 5.21. The molecule has 7 heteroatoms. The zero-order valence-corrected chi connectivity index (χ0v) is 19.0. The smallest absolute Gasteiger partial charge is 0.224 e. The number of piperidine rings is 1. The number of hydrogen-bond donors (Lipinski definition) is 1. The summed E-state index contributed by atoms with van der Waals surface area (Å²) in [6, 6.07) is 1.79. The van der Waals surface area contributed by atoms with Gasteiger partial charge in [-0.05, 0) is 44.7 Å². The van der Waals surface area contributed by atoms with E-state index >= 15 is 0 Å². The van der Waals surface area contributed by atoms with Gasteiger partial charge in [0.05, 0.1) is 19.3 Å². The molecule has 0 spiro atoms. The van der Waals surface area contributed by atoms with Crippen molar-refractivity contribution in [1.29, 1.82) is 5.26 Å². The molecular weight excluding hydrogens is 392 g/mol. The highest BCUT2D eigenvalue weighted by Crippen LogP contribution is 2.30. The van der Waals surface area contributed by atoms with Crippen LogP contribution < -0.4 is 5.32 Å². The van der Waals surface area contributed by atoms with Gasteiger partial charge in [-0.3, -0.25) is 9.59 Å². The van der Waals surface area contributed by atoms with Gasteiger partial charge in [0.25, 0.3) is 0 Å². The predicted octanol–water partition coefficient (Wildman–Crippen LogP) is 2.71. The van der Waals surface area contributed by atoms with Crippen molar-refractivity contribution in [2.24, 2.45) is 11.8 Å². The molecule has 2 saturated heterocycles. The quantitative estimate of drug-likeness (QED) is 0.605. The van der Waals surface area contributed by atoms with Gasteiger partial charge in [0.15, 0.2) is 0 Å². The number of hydrogen-bond acceptors (Lipinski definition) is 5. The van der Waals surface area contributed by atoms with E-state index in [0.29, 0.717) is 38.6 Å². The van der Waals surface area contributed by atoms with Crippen LogP contribution in [0, 0.1) is 23.2 Å². The molecule has 0 radical (unpaired) electrons. The largest absolute Gasteiger partial charge is 0.378 e. The molecule has 1 aliphatic carbocycles. The number of nitrogens with one attached hydrogen (secondary N) is 1. The Balaban J connectivity index is 1.55. The molecule has 1 saturated carbocycles. The summed E-state index contributed by atoms with van der Waals surface area (Å²) in [7, 11) is 0. The van der Waals surface area contributed by atoms with Gasteiger partial charge in [-0.25, -0.2) is 0 Å². The van der Waals surface area contributed by atoms with Crippen molar-refractivity contribution in [3.63, 3.8) is 0 Å². The molecule has 0 aromatic rings. The minimum atomic E-state index is -0.484. The molecule has 0 bridgehead atoms. The van der Waals surface area contributed by atoms with E-state index in [0.717, 1.165) is 38.9 Å². The van der Waals surface area contributed by atoms with Crippen molar-refractivity contribution in [2.45, 2.75) is 76.7 Å². The molecule has 3 fully saturated rings. The van der Waals surface area contributed by atoms with Crippen LogP contribution in [0.2, 0.25) is 0 Å². The maximum Gasteiger partial charge on any atom is 0.224 e. The molecule has 0 aromatic carbocycles.